The van der Waals surface area contributed by atoms with Gasteiger partial charge < -0.3 is 16.0 Å². The largest absolute Gasteiger partial charge is 0.346 e. The zero-order chi connectivity index (χ0) is 13.7. The molecule has 8 heteroatoms. The van der Waals surface area contributed by atoms with Crippen molar-refractivity contribution in [3.05, 3.63) is 0 Å². The molecule has 1 saturated heterocycles. The quantitative estimate of drug-likeness (QED) is 0.754. The molecule has 2 amide bonds. The van der Waals surface area contributed by atoms with E-state index in [1.54, 1.807) is 0 Å². The summed E-state index contributed by atoms with van der Waals surface area (Å²) in [5, 5.41) is 2.53. The van der Waals surface area contributed by atoms with Crippen molar-refractivity contribution < 1.29 is 9.59 Å². The average Bonchev–Trinajstić information content (AvgIpc) is 2.98. The van der Waals surface area contributed by atoms with Crippen LogP contribution in [0.1, 0.15) is 25.7 Å². The van der Waals surface area contributed by atoms with Crippen molar-refractivity contribution in [3.63, 3.8) is 0 Å². The van der Waals surface area contributed by atoms with E-state index >= 15 is 0 Å². The van der Waals surface area contributed by atoms with Crippen molar-refractivity contribution in [2.75, 3.05) is 39.3 Å². The highest BCUT2D eigenvalue weighted by atomic mass is 35.5. The molecule has 6 nitrogen and oxygen atoms in total. The Kier molecular flexibility index (Phi) is 9.94. The van der Waals surface area contributed by atoms with E-state index < -0.39 is 0 Å². The van der Waals surface area contributed by atoms with Crippen molar-refractivity contribution in [3.8, 4) is 0 Å². The lowest BCUT2D eigenvalue weighted by Gasteiger charge is -2.38. The van der Waals surface area contributed by atoms with Gasteiger partial charge in [-0.2, -0.15) is 0 Å². The molecule has 2 aliphatic rings. The Hall–Kier alpha value is -0.560. The molecule has 1 heterocycles. The van der Waals surface area contributed by atoms with E-state index in [0.717, 1.165) is 32.2 Å². The summed E-state index contributed by atoms with van der Waals surface area (Å²) in [6, 6.07) is 0.731. The smallest absolute Gasteiger partial charge is 0.242 e. The molecule has 2 rings (SSSR count). The second kappa shape index (κ2) is 10.2. The van der Waals surface area contributed by atoms with Crippen LogP contribution in [0.25, 0.3) is 0 Å². The van der Waals surface area contributed by atoms with Crippen molar-refractivity contribution in [2.45, 2.75) is 31.7 Å². The Morgan fingerprint density at radius 1 is 1.05 bits per heavy atom. The molecule has 1 aliphatic heterocycles. The van der Waals surface area contributed by atoms with Gasteiger partial charge in [-0.15, -0.1) is 24.8 Å². The predicted octanol–water partition coefficient (Wildman–Crippen LogP) is -0.00830. The van der Waals surface area contributed by atoms with Gasteiger partial charge in [0.1, 0.15) is 0 Å². The normalized spacial score (nSPS) is 19.6. The first-order chi connectivity index (χ1) is 9.20. The van der Waals surface area contributed by atoms with Gasteiger partial charge in [0.15, 0.2) is 0 Å². The molecule has 3 N–H and O–H groups in total. The summed E-state index contributed by atoms with van der Waals surface area (Å²) in [7, 11) is 0. The van der Waals surface area contributed by atoms with Gasteiger partial charge in [-0.25, -0.2) is 0 Å². The van der Waals surface area contributed by atoms with Crippen molar-refractivity contribution in [2.24, 2.45) is 5.73 Å². The van der Waals surface area contributed by atoms with E-state index in [4.69, 9.17) is 5.73 Å². The summed E-state index contributed by atoms with van der Waals surface area (Å²) >= 11 is 0. The Bertz CT molecular complexity index is 330. The molecule has 1 aliphatic carbocycles. The van der Waals surface area contributed by atoms with Gasteiger partial charge in [0, 0.05) is 32.2 Å². The third kappa shape index (κ3) is 5.98. The highest BCUT2D eigenvalue weighted by Crippen LogP contribution is 2.24. The molecular weight excluding hydrogens is 315 g/mol. The highest BCUT2D eigenvalue weighted by Gasteiger charge is 2.27. The van der Waals surface area contributed by atoms with Gasteiger partial charge in [0.05, 0.1) is 13.1 Å². The number of nitrogens with two attached hydrogens (primary N) is 1. The second-order valence-corrected chi connectivity index (χ2v) is 5.34. The van der Waals surface area contributed by atoms with E-state index in [0.29, 0.717) is 0 Å². The lowest BCUT2D eigenvalue weighted by atomic mass is 10.2. The van der Waals surface area contributed by atoms with E-state index in [-0.39, 0.29) is 49.7 Å². The fraction of sp³-hybridized carbons (Fsp3) is 0.846. The zero-order valence-corrected chi connectivity index (χ0v) is 13.9. The molecule has 0 aromatic heterocycles. The van der Waals surface area contributed by atoms with E-state index in [1.165, 1.54) is 25.7 Å². The number of amides is 2. The van der Waals surface area contributed by atoms with Crippen LogP contribution < -0.4 is 11.1 Å². The van der Waals surface area contributed by atoms with Gasteiger partial charge in [-0.1, -0.05) is 12.8 Å². The number of halogens is 2. The summed E-state index contributed by atoms with van der Waals surface area (Å²) in [4.78, 5) is 27.3. The Morgan fingerprint density at radius 2 is 1.62 bits per heavy atom. The van der Waals surface area contributed by atoms with Crippen LogP contribution in [0.3, 0.4) is 0 Å². The number of hydrogen-bond acceptors (Lipinski definition) is 4. The lowest BCUT2D eigenvalue weighted by molar-refractivity contribution is -0.134. The van der Waals surface area contributed by atoms with Crippen LogP contribution >= 0.6 is 24.8 Å². The molecule has 0 radical (unpaired) electrons. The molecule has 0 aromatic carbocycles. The first kappa shape index (κ1) is 20.4. The minimum absolute atomic E-state index is 0. The van der Waals surface area contributed by atoms with E-state index in [1.807, 2.05) is 4.90 Å². The SMILES string of the molecule is Cl.Cl.NCC(=O)NCC(=O)N1CCN(C2CCCC2)CC1. The van der Waals surface area contributed by atoms with Crippen LogP contribution in [0.2, 0.25) is 0 Å². The summed E-state index contributed by atoms with van der Waals surface area (Å²) in [6.45, 7) is 3.46. The average molecular weight is 341 g/mol. The van der Waals surface area contributed by atoms with Gasteiger partial charge in [0.2, 0.25) is 11.8 Å². The van der Waals surface area contributed by atoms with Crippen LogP contribution in [0.5, 0.6) is 0 Å². The maximum absolute atomic E-state index is 11.9. The molecular formula is C13H26Cl2N4O2. The minimum Gasteiger partial charge on any atom is -0.346 e. The molecule has 0 unspecified atom stereocenters. The molecule has 0 atom stereocenters. The van der Waals surface area contributed by atoms with Crippen molar-refractivity contribution in [1.82, 2.24) is 15.1 Å². The Morgan fingerprint density at radius 3 is 2.14 bits per heavy atom. The topological polar surface area (TPSA) is 78.7 Å². The van der Waals surface area contributed by atoms with Gasteiger partial charge >= 0.3 is 0 Å². The third-order valence-electron chi connectivity index (χ3n) is 4.13. The second-order valence-electron chi connectivity index (χ2n) is 5.34. The minimum atomic E-state index is -0.280. The van der Waals surface area contributed by atoms with Gasteiger partial charge in [-0.3, -0.25) is 14.5 Å². The maximum Gasteiger partial charge on any atom is 0.242 e. The zero-order valence-electron chi connectivity index (χ0n) is 12.3. The fourth-order valence-electron chi connectivity index (χ4n) is 2.96. The molecule has 124 valence electrons. The van der Waals surface area contributed by atoms with Crippen LogP contribution in [0, 0.1) is 0 Å². The van der Waals surface area contributed by atoms with E-state index in [9.17, 15) is 9.59 Å². The van der Waals surface area contributed by atoms with Crippen LogP contribution in [-0.4, -0.2) is 66.9 Å². The molecule has 0 bridgehead atoms. The fourth-order valence-corrected chi connectivity index (χ4v) is 2.96. The Balaban J connectivity index is 0.00000200. The van der Waals surface area contributed by atoms with Crippen molar-refractivity contribution in [1.29, 1.82) is 0 Å². The van der Waals surface area contributed by atoms with Gasteiger partial charge in [-0.05, 0) is 12.8 Å². The van der Waals surface area contributed by atoms with Gasteiger partial charge in [0.25, 0.3) is 0 Å². The summed E-state index contributed by atoms with van der Waals surface area (Å²) in [6.07, 6.45) is 5.30. The maximum atomic E-state index is 11.9. The first-order valence-electron chi connectivity index (χ1n) is 7.19. The molecule has 1 saturated carbocycles. The number of carbonyl (C=O) groups is 2. The standard InChI is InChI=1S/C13H24N4O2.2ClH/c14-9-12(18)15-10-13(19)17-7-5-16(6-8-17)11-3-1-2-4-11;;/h11H,1-10,14H2,(H,15,18);2*1H. The number of nitrogens with zero attached hydrogens (tertiary/aromatic N) is 2. The number of nitrogens with one attached hydrogen (secondary N) is 1. The first-order valence-corrected chi connectivity index (χ1v) is 7.19. The lowest BCUT2D eigenvalue weighted by Crippen LogP contribution is -2.53. The monoisotopic (exact) mass is 340 g/mol. The van der Waals surface area contributed by atoms with E-state index in [2.05, 4.69) is 10.2 Å². The number of hydrogen-bond donors (Lipinski definition) is 2. The molecule has 21 heavy (non-hydrogen) atoms. The molecule has 0 spiro atoms. The van der Waals surface area contributed by atoms with Crippen LogP contribution in [0.4, 0.5) is 0 Å². The Labute approximate surface area is 138 Å². The number of carbonyl (C=O) groups excluding carboxylic acids is 2. The molecule has 0 aromatic rings. The number of rotatable bonds is 4. The number of piperazine rings is 1. The third-order valence-corrected chi connectivity index (χ3v) is 4.13. The summed E-state index contributed by atoms with van der Waals surface area (Å²) in [5.74, 6) is -0.286. The highest BCUT2D eigenvalue weighted by molar-refractivity contribution is 5.86. The summed E-state index contributed by atoms with van der Waals surface area (Å²) < 4.78 is 0. The predicted molar refractivity (Wildman–Crippen MR) is 87.0 cm³/mol. The molecule has 2 fully saturated rings. The van der Waals surface area contributed by atoms with Crippen LogP contribution in [0.15, 0.2) is 0 Å². The summed E-state index contributed by atoms with van der Waals surface area (Å²) in [5.41, 5.74) is 5.18. The van der Waals surface area contributed by atoms with Crippen molar-refractivity contribution >= 4 is 36.6 Å². The van der Waals surface area contributed by atoms with Crippen LogP contribution in [-0.2, 0) is 9.59 Å².